The fourth-order valence-corrected chi connectivity index (χ4v) is 2.40. The Morgan fingerprint density at radius 3 is 2.62 bits per heavy atom. The van der Waals surface area contributed by atoms with Crippen LogP contribution in [-0.4, -0.2) is 12.2 Å². The predicted octanol–water partition coefficient (Wildman–Crippen LogP) is 3.10. The highest BCUT2D eigenvalue weighted by Gasteiger charge is 2.42. The average molecular weight is 233 g/mol. The molecule has 2 N–H and O–H groups in total. The van der Waals surface area contributed by atoms with E-state index in [9.17, 15) is 13.2 Å². The van der Waals surface area contributed by atoms with Crippen molar-refractivity contribution in [2.24, 2.45) is 17.6 Å². The minimum Gasteiger partial charge on any atom is -0.327 e. The molecule has 16 heavy (non-hydrogen) atoms. The summed E-state index contributed by atoms with van der Waals surface area (Å²) in [4.78, 5) is 0. The summed E-state index contributed by atoms with van der Waals surface area (Å²) in [6.07, 6.45) is 4.09. The van der Waals surface area contributed by atoms with E-state index in [1.807, 2.05) is 0 Å². The van der Waals surface area contributed by atoms with Crippen molar-refractivity contribution < 1.29 is 13.2 Å². The molecular weight excluding hydrogens is 215 g/mol. The van der Waals surface area contributed by atoms with E-state index in [2.05, 4.69) is 5.92 Å². The molecule has 0 aliphatic heterocycles. The summed E-state index contributed by atoms with van der Waals surface area (Å²) < 4.78 is 37.7. The van der Waals surface area contributed by atoms with Gasteiger partial charge >= 0.3 is 6.18 Å². The van der Waals surface area contributed by atoms with Gasteiger partial charge in [0.25, 0.3) is 0 Å². The van der Waals surface area contributed by atoms with Gasteiger partial charge in [-0.25, -0.2) is 0 Å². The highest BCUT2D eigenvalue weighted by molar-refractivity contribution is 4.89. The summed E-state index contributed by atoms with van der Waals surface area (Å²) in [7, 11) is 0. The fourth-order valence-electron chi connectivity index (χ4n) is 2.40. The van der Waals surface area contributed by atoms with Crippen LogP contribution in [0.5, 0.6) is 0 Å². The van der Waals surface area contributed by atoms with Crippen molar-refractivity contribution in [3.8, 4) is 12.3 Å². The van der Waals surface area contributed by atoms with Crippen molar-refractivity contribution in [1.29, 1.82) is 0 Å². The third kappa shape index (κ3) is 3.71. The first-order valence-corrected chi connectivity index (χ1v) is 5.71. The van der Waals surface area contributed by atoms with Gasteiger partial charge in [0, 0.05) is 12.5 Å². The normalized spacial score (nSPS) is 28.4. The fraction of sp³-hybridized carbons (Fsp3) is 0.833. The molecule has 0 bridgehead atoms. The molecule has 92 valence electrons. The SMILES string of the molecule is C#CCCC(N)C1CCCC(C(F)(F)F)C1. The first-order chi connectivity index (χ1) is 7.45. The van der Waals surface area contributed by atoms with Gasteiger partial charge in [0.1, 0.15) is 0 Å². The van der Waals surface area contributed by atoms with Gasteiger partial charge in [-0.15, -0.1) is 12.3 Å². The molecule has 0 spiro atoms. The number of halogens is 3. The Labute approximate surface area is 94.6 Å². The number of nitrogens with two attached hydrogens (primary N) is 1. The van der Waals surface area contributed by atoms with E-state index in [1.165, 1.54) is 0 Å². The van der Waals surface area contributed by atoms with Crippen LogP contribution in [-0.2, 0) is 0 Å². The zero-order valence-electron chi connectivity index (χ0n) is 9.26. The largest absolute Gasteiger partial charge is 0.391 e. The Morgan fingerprint density at radius 2 is 2.06 bits per heavy atom. The van der Waals surface area contributed by atoms with Gasteiger partial charge in [0.05, 0.1) is 5.92 Å². The summed E-state index contributed by atoms with van der Waals surface area (Å²) in [5.41, 5.74) is 5.88. The molecule has 3 atom stereocenters. The van der Waals surface area contributed by atoms with E-state index in [0.717, 1.165) is 6.42 Å². The zero-order valence-corrected chi connectivity index (χ0v) is 9.26. The highest BCUT2D eigenvalue weighted by Crippen LogP contribution is 2.41. The molecule has 0 saturated heterocycles. The zero-order chi connectivity index (χ0) is 12.2. The van der Waals surface area contributed by atoms with Crippen LogP contribution in [0.4, 0.5) is 13.2 Å². The van der Waals surface area contributed by atoms with Crippen LogP contribution in [0.3, 0.4) is 0 Å². The Hall–Kier alpha value is -0.690. The molecule has 0 aromatic carbocycles. The van der Waals surface area contributed by atoms with Gasteiger partial charge in [0.15, 0.2) is 0 Å². The maximum atomic E-state index is 12.6. The van der Waals surface area contributed by atoms with E-state index in [1.54, 1.807) is 0 Å². The molecule has 1 rings (SSSR count). The van der Waals surface area contributed by atoms with Crippen molar-refractivity contribution in [3.05, 3.63) is 0 Å². The summed E-state index contributed by atoms with van der Waals surface area (Å²) in [5, 5.41) is 0. The summed E-state index contributed by atoms with van der Waals surface area (Å²) in [6.45, 7) is 0. The van der Waals surface area contributed by atoms with Gasteiger partial charge < -0.3 is 5.73 Å². The molecule has 1 fully saturated rings. The van der Waals surface area contributed by atoms with Crippen molar-refractivity contribution in [2.75, 3.05) is 0 Å². The topological polar surface area (TPSA) is 26.0 Å². The lowest BCUT2D eigenvalue weighted by molar-refractivity contribution is -0.186. The number of alkyl halides is 3. The van der Waals surface area contributed by atoms with E-state index in [4.69, 9.17) is 12.2 Å². The second-order valence-electron chi connectivity index (χ2n) is 4.57. The van der Waals surface area contributed by atoms with E-state index < -0.39 is 12.1 Å². The quantitative estimate of drug-likeness (QED) is 0.745. The Balaban J connectivity index is 2.47. The van der Waals surface area contributed by atoms with Crippen LogP contribution in [0.1, 0.15) is 38.5 Å². The lowest BCUT2D eigenvalue weighted by Gasteiger charge is -2.33. The molecule has 4 heteroatoms. The summed E-state index contributed by atoms with van der Waals surface area (Å²) in [5.74, 6) is 1.29. The lowest BCUT2D eigenvalue weighted by atomic mass is 9.77. The maximum absolute atomic E-state index is 12.6. The Kier molecular flexibility index (Phi) is 4.67. The van der Waals surface area contributed by atoms with Gasteiger partial charge in [0.2, 0.25) is 0 Å². The van der Waals surface area contributed by atoms with Gasteiger partial charge in [-0.05, 0) is 31.6 Å². The average Bonchev–Trinajstić information content (AvgIpc) is 2.25. The number of hydrogen-bond acceptors (Lipinski definition) is 1. The minimum absolute atomic E-state index is 0.0197. The van der Waals surface area contributed by atoms with Crippen molar-refractivity contribution >= 4 is 0 Å². The molecule has 1 aliphatic rings. The molecular formula is C12H18F3N. The molecule has 0 amide bonds. The second-order valence-corrected chi connectivity index (χ2v) is 4.57. The minimum atomic E-state index is -4.06. The smallest absolute Gasteiger partial charge is 0.327 e. The number of hydrogen-bond donors (Lipinski definition) is 1. The summed E-state index contributed by atoms with van der Waals surface area (Å²) in [6, 6.07) is -0.179. The van der Waals surface area contributed by atoms with Gasteiger partial charge in [-0.2, -0.15) is 13.2 Å². The monoisotopic (exact) mass is 233 g/mol. The first kappa shape index (κ1) is 13.4. The van der Waals surface area contributed by atoms with Crippen LogP contribution < -0.4 is 5.73 Å². The van der Waals surface area contributed by atoms with Crippen molar-refractivity contribution in [3.63, 3.8) is 0 Å². The molecule has 0 heterocycles. The van der Waals surface area contributed by atoms with Gasteiger partial charge in [-0.1, -0.05) is 6.42 Å². The number of rotatable bonds is 3. The van der Waals surface area contributed by atoms with E-state index in [0.29, 0.717) is 19.3 Å². The Bertz CT molecular complexity index is 254. The summed E-state index contributed by atoms with van der Waals surface area (Å²) >= 11 is 0. The molecule has 0 radical (unpaired) electrons. The molecule has 1 nitrogen and oxygen atoms in total. The van der Waals surface area contributed by atoms with E-state index in [-0.39, 0.29) is 24.8 Å². The predicted molar refractivity (Wildman–Crippen MR) is 57.5 cm³/mol. The Morgan fingerprint density at radius 1 is 1.38 bits per heavy atom. The van der Waals surface area contributed by atoms with Crippen molar-refractivity contribution in [2.45, 2.75) is 50.7 Å². The molecule has 3 unspecified atom stereocenters. The van der Waals surface area contributed by atoms with Crippen LogP contribution >= 0.6 is 0 Å². The van der Waals surface area contributed by atoms with Crippen LogP contribution in [0, 0.1) is 24.2 Å². The maximum Gasteiger partial charge on any atom is 0.391 e. The molecule has 0 aromatic rings. The number of terminal acetylenes is 1. The van der Waals surface area contributed by atoms with Crippen molar-refractivity contribution in [1.82, 2.24) is 0 Å². The van der Waals surface area contributed by atoms with E-state index >= 15 is 0 Å². The third-order valence-corrected chi connectivity index (χ3v) is 3.41. The lowest BCUT2D eigenvalue weighted by Crippen LogP contribution is -2.37. The van der Waals surface area contributed by atoms with Gasteiger partial charge in [-0.3, -0.25) is 0 Å². The van der Waals surface area contributed by atoms with Crippen LogP contribution in [0.2, 0.25) is 0 Å². The van der Waals surface area contributed by atoms with Crippen LogP contribution in [0.15, 0.2) is 0 Å². The molecule has 0 aromatic heterocycles. The molecule has 1 saturated carbocycles. The standard InChI is InChI=1S/C12H18F3N/c1-2-3-7-11(16)9-5-4-6-10(8-9)12(13,14)15/h1,9-11H,3-8,16H2. The highest BCUT2D eigenvalue weighted by atomic mass is 19.4. The second kappa shape index (κ2) is 5.58. The first-order valence-electron chi connectivity index (χ1n) is 5.71. The van der Waals surface area contributed by atoms with Crippen LogP contribution in [0.25, 0.3) is 0 Å². The molecule has 1 aliphatic carbocycles. The third-order valence-electron chi connectivity index (χ3n) is 3.41.